The summed E-state index contributed by atoms with van der Waals surface area (Å²) in [7, 11) is 5.99. The van der Waals surface area contributed by atoms with Crippen LogP contribution < -0.4 is 0 Å². The van der Waals surface area contributed by atoms with Gasteiger partial charge in [0.2, 0.25) is 0 Å². The van der Waals surface area contributed by atoms with E-state index in [4.69, 9.17) is 18.9 Å². The molecule has 0 aliphatic carbocycles. The predicted octanol–water partition coefficient (Wildman–Crippen LogP) is 21.0. The number of rotatable bonds is 64. The Balaban J connectivity index is 3.94. The highest BCUT2D eigenvalue weighted by atomic mass is 16.7. The largest absolute Gasteiger partial charge is 0.477 e. The molecule has 0 aromatic rings. The highest BCUT2D eigenvalue weighted by molar-refractivity contribution is 5.71. The maximum Gasteiger partial charge on any atom is 0.361 e. The summed E-state index contributed by atoms with van der Waals surface area (Å²) in [6.45, 7) is 4.82. The lowest BCUT2D eigenvalue weighted by atomic mass is 10.0. The first kappa shape index (κ1) is 77.2. The molecule has 1 N–H and O–H groups in total. The number of ether oxygens (including phenoxy) is 4. The number of carboxylic acid groups (broad SMARTS) is 1. The number of esters is 2. The molecule has 468 valence electrons. The van der Waals surface area contributed by atoms with Gasteiger partial charge in [-0.05, 0) is 51.4 Å². The van der Waals surface area contributed by atoms with E-state index in [2.05, 4.69) is 62.5 Å². The van der Waals surface area contributed by atoms with E-state index in [-0.39, 0.29) is 38.2 Å². The molecule has 0 rings (SSSR count). The fourth-order valence-corrected chi connectivity index (χ4v) is 10.1. The van der Waals surface area contributed by atoms with Crippen LogP contribution >= 0.6 is 0 Å². The standard InChI is InChI=1S/C71H131NO8/c1-6-8-10-12-14-16-18-20-22-24-25-26-27-28-29-30-31-32-33-34-35-36-37-38-39-40-41-42-43-44-45-46-48-50-52-54-56-58-60-62-69(74)80-67(66-79-71(70(75)76)77-64-63-72(3,4)5)65-78-68(73)61-59-57-55-53-51-49-47-23-21-19-17-15-13-11-9-7-2/h8,10,14,16,20,22,25-26,67,71H,6-7,9,11-13,15,17-19,21,23-24,27-66H2,1-5H3/p+1/b10-8-,16-14-,22-20-,26-25-. The van der Waals surface area contributed by atoms with Crippen molar-refractivity contribution in [2.24, 2.45) is 0 Å². The molecule has 0 aromatic heterocycles. The average Bonchev–Trinajstić information content (AvgIpc) is 3.43. The molecule has 9 nitrogen and oxygen atoms in total. The minimum Gasteiger partial charge on any atom is -0.477 e. The molecule has 0 aromatic carbocycles. The maximum absolute atomic E-state index is 12.9. The van der Waals surface area contributed by atoms with Crippen molar-refractivity contribution in [2.45, 2.75) is 341 Å². The van der Waals surface area contributed by atoms with Crippen molar-refractivity contribution in [3.05, 3.63) is 48.6 Å². The van der Waals surface area contributed by atoms with E-state index in [0.29, 0.717) is 17.4 Å². The van der Waals surface area contributed by atoms with Gasteiger partial charge in [0.25, 0.3) is 6.29 Å². The molecule has 0 bridgehead atoms. The second-order valence-corrected chi connectivity index (χ2v) is 24.5. The first-order chi connectivity index (χ1) is 39.1. The second kappa shape index (κ2) is 62.3. The number of carbonyl (C=O) groups excluding carboxylic acids is 2. The number of carboxylic acids is 1. The number of unbranched alkanes of at least 4 members (excludes halogenated alkanes) is 41. The molecule has 80 heavy (non-hydrogen) atoms. The van der Waals surface area contributed by atoms with Crippen LogP contribution in [-0.4, -0.2) is 87.4 Å². The van der Waals surface area contributed by atoms with Gasteiger partial charge in [-0.15, -0.1) is 0 Å². The van der Waals surface area contributed by atoms with Gasteiger partial charge >= 0.3 is 17.9 Å². The molecule has 9 heteroatoms. The second-order valence-electron chi connectivity index (χ2n) is 24.5. The van der Waals surface area contributed by atoms with Gasteiger partial charge < -0.3 is 28.5 Å². The number of hydrogen-bond donors (Lipinski definition) is 1. The van der Waals surface area contributed by atoms with Gasteiger partial charge in [-0.3, -0.25) is 9.59 Å². The molecule has 0 aliphatic rings. The molecule has 0 radical (unpaired) electrons. The number of carbonyl (C=O) groups is 3. The van der Waals surface area contributed by atoms with Crippen molar-refractivity contribution < 1.29 is 42.9 Å². The van der Waals surface area contributed by atoms with Gasteiger partial charge in [-0.2, -0.15) is 0 Å². The van der Waals surface area contributed by atoms with E-state index < -0.39 is 18.4 Å². The van der Waals surface area contributed by atoms with Crippen LogP contribution in [0.1, 0.15) is 328 Å². The molecule has 0 amide bonds. The zero-order valence-electron chi connectivity index (χ0n) is 53.5. The first-order valence-electron chi connectivity index (χ1n) is 34.3. The fraction of sp³-hybridized carbons (Fsp3) is 0.845. The average molecular weight is 1130 g/mol. The molecule has 0 saturated heterocycles. The number of nitrogens with zero attached hydrogens (tertiary/aromatic N) is 1. The minimum atomic E-state index is -1.51. The number of aliphatic carboxylic acids is 1. The topological polar surface area (TPSA) is 108 Å². The zero-order valence-corrected chi connectivity index (χ0v) is 53.5. The summed E-state index contributed by atoms with van der Waals surface area (Å²) < 4.78 is 23.0. The molecule has 0 heterocycles. The Morgan fingerprint density at radius 3 is 1.06 bits per heavy atom. The summed E-state index contributed by atoms with van der Waals surface area (Å²) in [5.41, 5.74) is 0. The third kappa shape index (κ3) is 62.8. The van der Waals surface area contributed by atoms with E-state index in [1.165, 1.54) is 238 Å². The smallest absolute Gasteiger partial charge is 0.361 e. The van der Waals surface area contributed by atoms with Crippen molar-refractivity contribution in [1.29, 1.82) is 0 Å². The van der Waals surface area contributed by atoms with Crippen LogP contribution in [0.5, 0.6) is 0 Å². The number of allylic oxidation sites excluding steroid dienone is 8. The van der Waals surface area contributed by atoms with Gasteiger partial charge in [-0.25, -0.2) is 4.79 Å². The summed E-state index contributed by atoms with van der Waals surface area (Å²) >= 11 is 0. The van der Waals surface area contributed by atoms with E-state index in [1.54, 1.807) is 0 Å². The van der Waals surface area contributed by atoms with Crippen LogP contribution in [0.4, 0.5) is 0 Å². The van der Waals surface area contributed by atoms with E-state index in [0.717, 1.165) is 64.2 Å². The van der Waals surface area contributed by atoms with Gasteiger partial charge in [0.15, 0.2) is 6.10 Å². The first-order valence-corrected chi connectivity index (χ1v) is 34.3. The Labute approximate surface area is 495 Å². The molecular formula is C71H132NO8+. The Hall–Kier alpha value is -2.75. The third-order valence-electron chi connectivity index (χ3n) is 15.3. The van der Waals surface area contributed by atoms with Gasteiger partial charge in [0.05, 0.1) is 34.4 Å². The lowest BCUT2D eigenvalue weighted by Gasteiger charge is -2.25. The number of hydrogen-bond acceptors (Lipinski definition) is 7. The summed E-state index contributed by atoms with van der Waals surface area (Å²) in [6.07, 6.45) is 76.7. The quantitative estimate of drug-likeness (QED) is 0.0211. The Kier molecular flexibility index (Phi) is 60.2. The van der Waals surface area contributed by atoms with E-state index >= 15 is 0 Å². The van der Waals surface area contributed by atoms with E-state index in [9.17, 15) is 19.5 Å². The summed E-state index contributed by atoms with van der Waals surface area (Å²) in [4.78, 5) is 37.5. The van der Waals surface area contributed by atoms with Crippen molar-refractivity contribution in [1.82, 2.24) is 0 Å². The van der Waals surface area contributed by atoms with Crippen molar-refractivity contribution in [2.75, 3.05) is 47.5 Å². The fourth-order valence-electron chi connectivity index (χ4n) is 10.1. The highest BCUT2D eigenvalue weighted by Gasteiger charge is 2.25. The van der Waals surface area contributed by atoms with Crippen LogP contribution in [0.3, 0.4) is 0 Å². The number of quaternary nitrogens is 1. The minimum absolute atomic E-state index is 0.175. The van der Waals surface area contributed by atoms with Crippen LogP contribution in [0.25, 0.3) is 0 Å². The van der Waals surface area contributed by atoms with Crippen molar-refractivity contribution in [3.8, 4) is 0 Å². The lowest BCUT2D eigenvalue weighted by Crippen LogP contribution is -2.40. The van der Waals surface area contributed by atoms with Crippen molar-refractivity contribution >= 4 is 17.9 Å². The molecule has 0 spiro atoms. The molecule has 0 fully saturated rings. The highest BCUT2D eigenvalue weighted by Crippen LogP contribution is 2.19. The lowest BCUT2D eigenvalue weighted by molar-refractivity contribution is -0.870. The summed E-state index contributed by atoms with van der Waals surface area (Å²) in [5.74, 6) is -1.98. The monoisotopic (exact) mass is 1130 g/mol. The summed E-state index contributed by atoms with van der Waals surface area (Å²) in [5, 5.41) is 9.72. The third-order valence-corrected chi connectivity index (χ3v) is 15.3. The van der Waals surface area contributed by atoms with Crippen LogP contribution in [0.15, 0.2) is 48.6 Å². The Morgan fingerprint density at radius 2 is 0.713 bits per heavy atom. The SMILES string of the molecule is CC/C=C\C/C=C\C/C=C\C/C=C\CCCCCCCCCCCCCCCCCCCCCCCCCCCCC(=O)OC(COC(=O)CCCCCCCCCCCCCCCCCC)COC(OCC[N+](C)(C)C)C(=O)O. The number of likely N-dealkylation sites (N-methyl/N-ethyl adjacent to an activating group) is 1. The normalized spacial score (nSPS) is 13.0. The van der Waals surface area contributed by atoms with Crippen LogP contribution in [0, 0.1) is 0 Å². The van der Waals surface area contributed by atoms with Gasteiger partial charge in [0, 0.05) is 12.8 Å². The Morgan fingerprint density at radius 1 is 0.388 bits per heavy atom. The zero-order chi connectivity index (χ0) is 58.3. The molecular weight excluding hydrogens is 995 g/mol. The molecule has 2 unspecified atom stereocenters. The van der Waals surface area contributed by atoms with Gasteiger partial charge in [0.1, 0.15) is 13.2 Å². The Bertz CT molecular complexity index is 1450. The molecule has 0 aliphatic heterocycles. The molecule has 2 atom stereocenters. The maximum atomic E-state index is 12.9. The van der Waals surface area contributed by atoms with E-state index in [1.807, 2.05) is 21.1 Å². The predicted molar refractivity (Wildman–Crippen MR) is 341 cm³/mol. The van der Waals surface area contributed by atoms with Crippen molar-refractivity contribution in [3.63, 3.8) is 0 Å². The van der Waals surface area contributed by atoms with Crippen LogP contribution in [0.2, 0.25) is 0 Å². The summed E-state index contributed by atoms with van der Waals surface area (Å²) in [6, 6.07) is 0. The van der Waals surface area contributed by atoms with Gasteiger partial charge in [-0.1, -0.05) is 313 Å². The van der Waals surface area contributed by atoms with Crippen LogP contribution in [-0.2, 0) is 33.3 Å². The molecule has 0 saturated carbocycles.